The third-order valence-corrected chi connectivity index (χ3v) is 4.82. The summed E-state index contributed by atoms with van der Waals surface area (Å²) >= 11 is 6.18. The number of benzene rings is 1. The Balaban J connectivity index is 2.50. The first-order valence-corrected chi connectivity index (χ1v) is 9.75. The van der Waals surface area contributed by atoms with Gasteiger partial charge in [0.05, 0.1) is 10.5 Å². The van der Waals surface area contributed by atoms with Crippen LogP contribution >= 0.6 is 11.6 Å². The molecule has 0 radical (unpaired) electrons. The standard InChI is InChI=1S/C21H29ClN4O3/c1-13(2)26-18-8-7-16(24-14(3)17(22)11-23-4)9-15(18)10-19(21(26)28)29-12-20(27)25(5)6/h7-11,13,20,24,27H,12H2,1-6H3/b17-14-,23-11?. The molecule has 1 heterocycles. The van der Waals surface area contributed by atoms with Crippen molar-refractivity contribution in [3.8, 4) is 5.75 Å². The highest BCUT2D eigenvalue weighted by Crippen LogP contribution is 2.25. The average molecular weight is 421 g/mol. The molecule has 2 rings (SSSR count). The van der Waals surface area contributed by atoms with Crippen molar-refractivity contribution in [1.29, 1.82) is 0 Å². The molecular formula is C21H29ClN4O3. The molecule has 0 aliphatic rings. The summed E-state index contributed by atoms with van der Waals surface area (Å²) in [6, 6.07) is 7.38. The fourth-order valence-corrected chi connectivity index (χ4v) is 2.96. The molecular weight excluding hydrogens is 392 g/mol. The number of allylic oxidation sites excluding steroid dienone is 2. The van der Waals surface area contributed by atoms with E-state index in [9.17, 15) is 9.90 Å². The summed E-state index contributed by atoms with van der Waals surface area (Å²) < 4.78 is 7.35. The van der Waals surface area contributed by atoms with Crippen LogP contribution in [0.15, 0.2) is 44.8 Å². The van der Waals surface area contributed by atoms with E-state index in [1.165, 1.54) is 0 Å². The van der Waals surface area contributed by atoms with Crippen LogP contribution in [0, 0.1) is 0 Å². The number of aliphatic hydroxyl groups excluding tert-OH is 1. The Morgan fingerprint density at radius 1 is 1.38 bits per heavy atom. The van der Waals surface area contributed by atoms with E-state index in [0.29, 0.717) is 5.03 Å². The predicted molar refractivity (Wildman–Crippen MR) is 120 cm³/mol. The smallest absolute Gasteiger partial charge is 0.293 e. The molecule has 7 nitrogen and oxygen atoms in total. The van der Waals surface area contributed by atoms with Crippen LogP contribution in [0.3, 0.4) is 0 Å². The molecule has 1 unspecified atom stereocenters. The maximum absolute atomic E-state index is 12.9. The first-order chi connectivity index (χ1) is 13.6. The minimum atomic E-state index is -0.805. The molecule has 1 atom stereocenters. The number of nitrogens with one attached hydrogen (secondary N) is 1. The highest BCUT2D eigenvalue weighted by Gasteiger charge is 2.15. The topological polar surface area (TPSA) is 79.1 Å². The minimum absolute atomic E-state index is 0.00239. The number of aliphatic hydroxyl groups is 1. The number of ether oxygens (including phenoxy) is 1. The predicted octanol–water partition coefficient (Wildman–Crippen LogP) is 3.42. The molecule has 2 N–H and O–H groups in total. The van der Waals surface area contributed by atoms with E-state index in [2.05, 4.69) is 10.3 Å². The quantitative estimate of drug-likeness (QED) is 0.505. The van der Waals surface area contributed by atoms with Crippen molar-refractivity contribution in [2.24, 2.45) is 4.99 Å². The van der Waals surface area contributed by atoms with Gasteiger partial charge in [0.25, 0.3) is 5.56 Å². The molecule has 8 heteroatoms. The molecule has 1 aromatic carbocycles. The van der Waals surface area contributed by atoms with E-state index in [0.717, 1.165) is 22.3 Å². The average Bonchev–Trinajstić information content (AvgIpc) is 2.65. The van der Waals surface area contributed by atoms with Crippen LogP contribution in [0.2, 0.25) is 0 Å². The van der Waals surface area contributed by atoms with Gasteiger partial charge in [-0.05, 0) is 59.1 Å². The second-order valence-corrected chi connectivity index (χ2v) is 7.70. The summed E-state index contributed by atoms with van der Waals surface area (Å²) in [6.45, 7) is 5.75. The van der Waals surface area contributed by atoms with Gasteiger partial charge in [-0.15, -0.1) is 0 Å². The molecule has 0 aliphatic carbocycles. The first-order valence-electron chi connectivity index (χ1n) is 9.37. The molecule has 0 aliphatic heterocycles. The van der Waals surface area contributed by atoms with Crippen LogP contribution in [-0.4, -0.2) is 54.8 Å². The molecule has 0 fully saturated rings. The molecule has 29 heavy (non-hydrogen) atoms. The Kier molecular flexibility index (Phi) is 7.84. The van der Waals surface area contributed by atoms with Crippen LogP contribution in [0.25, 0.3) is 10.9 Å². The van der Waals surface area contributed by atoms with Crippen molar-refractivity contribution >= 4 is 34.4 Å². The fourth-order valence-electron chi connectivity index (χ4n) is 2.81. The zero-order valence-corrected chi connectivity index (χ0v) is 18.5. The number of anilines is 1. The Labute approximate surface area is 176 Å². The Hall–Kier alpha value is -2.35. The van der Waals surface area contributed by atoms with Crippen molar-refractivity contribution in [1.82, 2.24) is 9.47 Å². The lowest BCUT2D eigenvalue weighted by atomic mass is 10.1. The number of aromatic nitrogens is 1. The molecule has 0 amide bonds. The first kappa shape index (κ1) is 22.9. The number of aliphatic imine (C=N–C) groups is 1. The van der Waals surface area contributed by atoms with Gasteiger partial charge in [-0.25, -0.2) is 0 Å². The van der Waals surface area contributed by atoms with E-state index in [1.807, 2.05) is 39.0 Å². The highest BCUT2D eigenvalue weighted by atomic mass is 35.5. The minimum Gasteiger partial charge on any atom is -0.484 e. The number of hydrogen-bond acceptors (Lipinski definition) is 6. The number of hydrogen-bond donors (Lipinski definition) is 2. The number of likely N-dealkylation sites (N-methyl/N-ethyl adjacent to an activating group) is 1. The van der Waals surface area contributed by atoms with Crippen LogP contribution in [0.4, 0.5) is 5.69 Å². The molecule has 0 spiro atoms. The largest absolute Gasteiger partial charge is 0.484 e. The highest BCUT2D eigenvalue weighted by molar-refractivity contribution is 6.39. The number of pyridine rings is 1. The maximum atomic E-state index is 12.9. The maximum Gasteiger partial charge on any atom is 0.293 e. The number of fused-ring (bicyclic) bond motifs is 1. The van der Waals surface area contributed by atoms with Gasteiger partial charge in [0.2, 0.25) is 0 Å². The van der Waals surface area contributed by atoms with Crippen LogP contribution < -0.4 is 15.6 Å². The lowest BCUT2D eigenvalue weighted by Crippen LogP contribution is -2.34. The van der Waals surface area contributed by atoms with E-state index < -0.39 is 6.23 Å². The molecule has 0 saturated heterocycles. The molecule has 0 bridgehead atoms. The van der Waals surface area contributed by atoms with E-state index in [1.54, 1.807) is 42.9 Å². The van der Waals surface area contributed by atoms with Gasteiger partial charge >= 0.3 is 0 Å². The fraction of sp³-hybridized carbons (Fsp3) is 0.429. The monoisotopic (exact) mass is 420 g/mol. The van der Waals surface area contributed by atoms with Gasteiger partial charge in [0, 0.05) is 36.1 Å². The summed E-state index contributed by atoms with van der Waals surface area (Å²) in [5, 5.41) is 14.6. The van der Waals surface area contributed by atoms with Gasteiger partial charge in [-0.1, -0.05) is 11.6 Å². The lowest BCUT2D eigenvalue weighted by molar-refractivity contribution is 0.00141. The Morgan fingerprint density at radius 3 is 2.66 bits per heavy atom. The van der Waals surface area contributed by atoms with Crippen molar-refractivity contribution in [2.75, 3.05) is 33.1 Å². The summed E-state index contributed by atoms with van der Waals surface area (Å²) in [4.78, 5) is 18.4. The van der Waals surface area contributed by atoms with E-state index in [-0.39, 0.29) is 24.0 Å². The zero-order valence-electron chi connectivity index (χ0n) is 17.7. The van der Waals surface area contributed by atoms with Gasteiger partial charge in [0.1, 0.15) is 12.8 Å². The van der Waals surface area contributed by atoms with Crippen molar-refractivity contribution in [3.63, 3.8) is 0 Å². The SMILES string of the molecule is CN=C/C(Cl)=C(\C)Nc1ccc2c(c1)cc(OCC(O)N(C)C)c(=O)n2C(C)C. The lowest BCUT2D eigenvalue weighted by Gasteiger charge is -2.20. The van der Waals surface area contributed by atoms with Crippen molar-refractivity contribution < 1.29 is 9.84 Å². The number of nitrogens with zero attached hydrogens (tertiary/aromatic N) is 3. The second kappa shape index (κ2) is 9.91. The molecule has 158 valence electrons. The van der Waals surface area contributed by atoms with Crippen molar-refractivity contribution in [3.05, 3.63) is 45.3 Å². The second-order valence-electron chi connectivity index (χ2n) is 7.29. The normalized spacial score (nSPS) is 14.0. The number of rotatable bonds is 8. The summed E-state index contributed by atoms with van der Waals surface area (Å²) in [7, 11) is 5.14. The molecule has 2 aromatic rings. The van der Waals surface area contributed by atoms with Crippen LogP contribution in [0.5, 0.6) is 5.75 Å². The third-order valence-electron chi connectivity index (χ3n) is 4.44. The van der Waals surface area contributed by atoms with Gasteiger partial charge in [-0.2, -0.15) is 0 Å². The number of halogens is 1. The zero-order chi connectivity index (χ0) is 21.7. The summed E-state index contributed by atoms with van der Waals surface area (Å²) in [5.41, 5.74) is 2.17. The Morgan fingerprint density at radius 2 is 2.07 bits per heavy atom. The van der Waals surface area contributed by atoms with Crippen LogP contribution in [0.1, 0.15) is 26.8 Å². The van der Waals surface area contributed by atoms with Gasteiger partial charge in [-0.3, -0.25) is 14.7 Å². The third kappa shape index (κ3) is 5.59. The summed E-state index contributed by atoms with van der Waals surface area (Å²) in [5.74, 6) is 0.202. The van der Waals surface area contributed by atoms with E-state index in [4.69, 9.17) is 16.3 Å². The van der Waals surface area contributed by atoms with Gasteiger partial charge in [0.15, 0.2) is 5.75 Å². The molecule has 1 aromatic heterocycles. The van der Waals surface area contributed by atoms with Crippen molar-refractivity contribution in [2.45, 2.75) is 33.0 Å². The van der Waals surface area contributed by atoms with Crippen LogP contribution in [-0.2, 0) is 0 Å². The Bertz CT molecular complexity index is 980. The molecule has 0 saturated carbocycles. The van der Waals surface area contributed by atoms with Gasteiger partial charge < -0.3 is 19.7 Å². The van der Waals surface area contributed by atoms with E-state index >= 15 is 0 Å². The summed E-state index contributed by atoms with van der Waals surface area (Å²) in [6.07, 6.45) is 0.768.